The van der Waals surface area contributed by atoms with E-state index in [4.69, 9.17) is 4.74 Å². The molecule has 2 rings (SSSR count). The lowest BCUT2D eigenvalue weighted by atomic mass is 10.0. The number of aromatic hydroxyl groups is 1. The van der Waals surface area contributed by atoms with Crippen LogP contribution < -0.4 is 4.74 Å². The minimum atomic E-state index is -4.53. The van der Waals surface area contributed by atoms with Gasteiger partial charge in [0.1, 0.15) is 10.6 Å². The van der Waals surface area contributed by atoms with E-state index in [0.29, 0.717) is 12.2 Å². The number of unbranched alkanes of at least 4 members (excludes halogenated alkanes) is 6. The van der Waals surface area contributed by atoms with Gasteiger partial charge in [0.15, 0.2) is 11.5 Å². The van der Waals surface area contributed by atoms with Crippen LogP contribution in [0.4, 0.5) is 0 Å². The van der Waals surface area contributed by atoms with Crippen LogP contribution in [0, 0.1) is 0 Å². The van der Waals surface area contributed by atoms with Crippen molar-refractivity contribution in [2.75, 3.05) is 0 Å². The monoisotopic (exact) mass is 392 g/mol. The lowest BCUT2D eigenvalue weighted by molar-refractivity contribution is 0.391. The number of ether oxygens (including phenoxy) is 1. The van der Waals surface area contributed by atoms with Crippen LogP contribution in [0.25, 0.3) is 0 Å². The summed E-state index contributed by atoms with van der Waals surface area (Å²) in [6, 6.07) is 11.7. The quantitative estimate of drug-likeness (QED) is 0.377. The second-order valence-corrected chi connectivity index (χ2v) is 8.05. The summed E-state index contributed by atoms with van der Waals surface area (Å²) >= 11 is 0. The predicted molar refractivity (Wildman–Crippen MR) is 106 cm³/mol. The fourth-order valence-electron chi connectivity index (χ4n) is 2.99. The standard InChI is InChI=1S/C21H28O5S/c1-2-3-4-5-6-7-9-12-17-15-16-19(27(23,24)25)20(22)21(17)26-18-13-10-8-11-14-18/h8,10-11,13-16,22H,2-7,9,12H2,1H3,(H,23,24,25). The highest BCUT2D eigenvalue weighted by Gasteiger charge is 2.22. The van der Waals surface area contributed by atoms with Crippen molar-refractivity contribution in [2.45, 2.75) is 63.2 Å². The molecule has 2 aromatic rings. The van der Waals surface area contributed by atoms with Gasteiger partial charge in [0.25, 0.3) is 10.1 Å². The van der Waals surface area contributed by atoms with Crippen molar-refractivity contribution in [1.29, 1.82) is 0 Å². The molecule has 27 heavy (non-hydrogen) atoms. The molecule has 0 spiro atoms. The van der Waals surface area contributed by atoms with Crippen molar-refractivity contribution < 1.29 is 22.8 Å². The Morgan fingerprint density at radius 1 is 0.889 bits per heavy atom. The van der Waals surface area contributed by atoms with Crippen molar-refractivity contribution in [2.24, 2.45) is 0 Å². The summed E-state index contributed by atoms with van der Waals surface area (Å²) in [6.07, 6.45) is 8.76. The molecule has 0 saturated heterocycles. The summed E-state index contributed by atoms with van der Waals surface area (Å²) < 4.78 is 38.1. The van der Waals surface area contributed by atoms with Crippen LogP contribution in [-0.4, -0.2) is 18.1 Å². The first kappa shape index (κ1) is 21.3. The Morgan fingerprint density at radius 2 is 1.52 bits per heavy atom. The second-order valence-electron chi connectivity index (χ2n) is 6.66. The number of hydrogen-bond donors (Lipinski definition) is 2. The van der Waals surface area contributed by atoms with E-state index in [-0.39, 0.29) is 5.75 Å². The van der Waals surface area contributed by atoms with Gasteiger partial charge in [0.2, 0.25) is 0 Å². The third-order valence-corrected chi connectivity index (χ3v) is 5.35. The largest absolute Gasteiger partial charge is 0.503 e. The maximum Gasteiger partial charge on any atom is 0.298 e. The molecule has 0 aliphatic rings. The molecule has 0 bridgehead atoms. The van der Waals surface area contributed by atoms with Crippen LogP contribution in [0.2, 0.25) is 0 Å². The van der Waals surface area contributed by atoms with Gasteiger partial charge in [-0.25, -0.2) is 0 Å². The third-order valence-electron chi connectivity index (χ3n) is 4.47. The summed E-state index contributed by atoms with van der Waals surface area (Å²) in [5.41, 5.74) is 0.720. The molecule has 2 N–H and O–H groups in total. The fourth-order valence-corrected chi connectivity index (χ4v) is 3.57. The summed E-state index contributed by atoms with van der Waals surface area (Å²) in [7, 11) is -4.53. The van der Waals surface area contributed by atoms with Gasteiger partial charge in [0, 0.05) is 0 Å². The van der Waals surface area contributed by atoms with E-state index >= 15 is 0 Å². The average molecular weight is 393 g/mol. The van der Waals surface area contributed by atoms with Crippen molar-refractivity contribution in [1.82, 2.24) is 0 Å². The van der Waals surface area contributed by atoms with Gasteiger partial charge < -0.3 is 9.84 Å². The van der Waals surface area contributed by atoms with Gasteiger partial charge in [-0.05, 0) is 36.6 Å². The van der Waals surface area contributed by atoms with Gasteiger partial charge in [0.05, 0.1) is 0 Å². The Kier molecular flexibility index (Phi) is 8.13. The Hall–Kier alpha value is -2.05. The van der Waals surface area contributed by atoms with E-state index < -0.39 is 20.8 Å². The minimum Gasteiger partial charge on any atom is -0.503 e. The van der Waals surface area contributed by atoms with Crippen LogP contribution in [-0.2, 0) is 16.5 Å². The molecule has 2 aromatic carbocycles. The Bertz CT molecular complexity index is 816. The van der Waals surface area contributed by atoms with E-state index in [1.165, 1.54) is 31.7 Å². The topological polar surface area (TPSA) is 83.8 Å². The summed E-state index contributed by atoms with van der Waals surface area (Å²) in [5.74, 6) is 0.0187. The van der Waals surface area contributed by atoms with Crippen molar-refractivity contribution in [3.63, 3.8) is 0 Å². The highest BCUT2D eigenvalue weighted by Crippen LogP contribution is 2.40. The zero-order valence-corrected chi connectivity index (χ0v) is 16.5. The molecule has 5 nitrogen and oxygen atoms in total. The van der Waals surface area contributed by atoms with Crippen LogP contribution >= 0.6 is 0 Å². The molecule has 0 radical (unpaired) electrons. The lowest BCUT2D eigenvalue weighted by Gasteiger charge is -2.15. The minimum absolute atomic E-state index is 0.0855. The number of phenols is 1. The van der Waals surface area contributed by atoms with E-state index in [0.717, 1.165) is 24.8 Å². The van der Waals surface area contributed by atoms with Crippen molar-refractivity contribution in [3.8, 4) is 17.2 Å². The Morgan fingerprint density at radius 3 is 2.15 bits per heavy atom. The molecule has 0 heterocycles. The molecule has 0 saturated carbocycles. The van der Waals surface area contributed by atoms with E-state index in [1.807, 2.05) is 6.07 Å². The van der Waals surface area contributed by atoms with E-state index in [1.54, 1.807) is 30.3 Å². The summed E-state index contributed by atoms with van der Waals surface area (Å²) in [5, 5.41) is 10.4. The van der Waals surface area contributed by atoms with Gasteiger partial charge in [-0.15, -0.1) is 0 Å². The Balaban J connectivity index is 2.14. The van der Waals surface area contributed by atoms with Gasteiger partial charge >= 0.3 is 0 Å². The molecular formula is C21H28O5S. The highest BCUT2D eigenvalue weighted by atomic mass is 32.2. The van der Waals surface area contributed by atoms with Crippen LogP contribution in [0.1, 0.15) is 57.4 Å². The number of rotatable bonds is 11. The van der Waals surface area contributed by atoms with E-state index in [9.17, 15) is 18.1 Å². The number of benzene rings is 2. The fraction of sp³-hybridized carbons (Fsp3) is 0.429. The van der Waals surface area contributed by atoms with Crippen LogP contribution in [0.3, 0.4) is 0 Å². The molecule has 0 fully saturated rings. The zero-order chi connectivity index (χ0) is 19.7. The molecule has 0 amide bonds. The number of phenolic OH excluding ortho intramolecular Hbond substituents is 1. The smallest absolute Gasteiger partial charge is 0.298 e. The third kappa shape index (κ3) is 6.56. The Labute approximate surface area is 161 Å². The average Bonchev–Trinajstić information content (AvgIpc) is 2.63. The number of para-hydroxylation sites is 1. The zero-order valence-electron chi connectivity index (χ0n) is 15.7. The molecule has 0 aromatic heterocycles. The number of hydrogen-bond acceptors (Lipinski definition) is 4. The van der Waals surface area contributed by atoms with Gasteiger partial charge in [-0.2, -0.15) is 8.42 Å². The summed E-state index contributed by atoms with van der Waals surface area (Å²) in [4.78, 5) is -0.545. The lowest BCUT2D eigenvalue weighted by Crippen LogP contribution is -2.02. The molecule has 0 aliphatic carbocycles. The normalized spacial score (nSPS) is 11.5. The molecule has 148 valence electrons. The van der Waals surface area contributed by atoms with Gasteiger partial charge in [-0.1, -0.05) is 69.7 Å². The first-order chi connectivity index (χ1) is 12.9. The molecule has 0 aliphatic heterocycles. The summed E-state index contributed by atoms with van der Waals surface area (Å²) in [6.45, 7) is 2.19. The van der Waals surface area contributed by atoms with Gasteiger partial charge in [-0.3, -0.25) is 4.55 Å². The van der Waals surface area contributed by atoms with Crippen LogP contribution in [0.15, 0.2) is 47.4 Å². The SMILES string of the molecule is CCCCCCCCCc1ccc(S(=O)(=O)O)c(O)c1Oc1ccccc1. The maximum atomic E-state index is 11.5. The number of aryl methyl sites for hydroxylation is 1. The maximum absolute atomic E-state index is 11.5. The molecule has 6 heteroatoms. The first-order valence-corrected chi connectivity index (χ1v) is 10.9. The molecular weight excluding hydrogens is 364 g/mol. The van der Waals surface area contributed by atoms with Crippen LogP contribution in [0.5, 0.6) is 17.2 Å². The first-order valence-electron chi connectivity index (χ1n) is 9.48. The highest BCUT2D eigenvalue weighted by molar-refractivity contribution is 7.86. The second kappa shape index (κ2) is 10.3. The molecule has 0 unspecified atom stereocenters. The predicted octanol–water partition coefficient (Wildman–Crippen LogP) is 5.72. The van der Waals surface area contributed by atoms with Crippen molar-refractivity contribution >= 4 is 10.1 Å². The van der Waals surface area contributed by atoms with E-state index in [2.05, 4.69) is 6.92 Å². The van der Waals surface area contributed by atoms with Crippen molar-refractivity contribution in [3.05, 3.63) is 48.0 Å². The molecule has 0 atom stereocenters.